The number of hydrogen-bond donors (Lipinski definition) is 1. The first-order chi connectivity index (χ1) is 12.7. The number of anilines is 1. The Bertz CT molecular complexity index is 906. The zero-order chi connectivity index (χ0) is 20.3. The van der Waals surface area contributed by atoms with Crippen molar-refractivity contribution in [1.82, 2.24) is 4.98 Å². The SMILES string of the molecule is COC(=O)c1nc(-c2ccc(C(F)F)c(OC)c2F)cc(NC(C)=O)c1Cl. The highest BCUT2D eigenvalue weighted by Gasteiger charge is 2.24. The summed E-state index contributed by atoms with van der Waals surface area (Å²) in [6.07, 6.45) is -2.96. The van der Waals surface area contributed by atoms with E-state index in [1.54, 1.807) is 0 Å². The smallest absolute Gasteiger partial charge is 0.358 e. The molecule has 6 nitrogen and oxygen atoms in total. The standard InChI is InChI=1S/C17H14ClF3N2O4/c1-7(24)22-11-6-10(23-14(12(11)18)17(25)27-3)8-4-5-9(16(20)21)15(26-2)13(8)19/h4-6,16H,1-3H3,(H,22,23,24). The summed E-state index contributed by atoms with van der Waals surface area (Å²) in [5.74, 6) is -3.18. The van der Waals surface area contributed by atoms with Gasteiger partial charge in [0.1, 0.15) is 0 Å². The van der Waals surface area contributed by atoms with E-state index in [0.717, 1.165) is 26.4 Å². The van der Waals surface area contributed by atoms with Gasteiger partial charge in [0, 0.05) is 12.5 Å². The van der Waals surface area contributed by atoms with Gasteiger partial charge in [-0.25, -0.2) is 22.9 Å². The first-order valence-corrected chi connectivity index (χ1v) is 7.80. The lowest BCUT2D eigenvalue weighted by Gasteiger charge is -2.14. The lowest BCUT2D eigenvalue weighted by Crippen LogP contribution is -2.12. The normalized spacial score (nSPS) is 10.7. The van der Waals surface area contributed by atoms with E-state index in [1.165, 1.54) is 13.0 Å². The molecule has 0 spiro atoms. The summed E-state index contributed by atoms with van der Waals surface area (Å²) in [6, 6.07) is 3.25. The van der Waals surface area contributed by atoms with Crippen LogP contribution in [-0.4, -0.2) is 31.1 Å². The summed E-state index contributed by atoms with van der Waals surface area (Å²) in [6.45, 7) is 1.20. The number of esters is 1. The van der Waals surface area contributed by atoms with Crippen molar-refractivity contribution >= 4 is 29.2 Å². The van der Waals surface area contributed by atoms with Gasteiger partial charge < -0.3 is 14.8 Å². The van der Waals surface area contributed by atoms with Gasteiger partial charge in [0.15, 0.2) is 17.3 Å². The van der Waals surface area contributed by atoms with Gasteiger partial charge >= 0.3 is 5.97 Å². The van der Waals surface area contributed by atoms with Crippen molar-refractivity contribution in [2.24, 2.45) is 0 Å². The molecule has 27 heavy (non-hydrogen) atoms. The molecule has 0 bridgehead atoms. The molecule has 10 heteroatoms. The van der Waals surface area contributed by atoms with Crippen LogP contribution in [0.1, 0.15) is 29.4 Å². The lowest BCUT2D eigenvalue weighted by atomic mass is 10.0. The summed E-state index contributed by atoms with van der Waals surface area (Å²) in [5.41, 5.74) is -1.41. The maximum atomic E-state index is 14.8. The molecule has 1 aromatic heterocycles. The van der Waals surface area contributed by atoms with E-state index in [4.69, 9.17) is 16.3 Å². The largest absolute Gasteiger partial charge is 0.493 e. The van der Waals surface area contributed by atoms with Crippen molar-refractivity contribution in [3.63, 3.8) is 0 Å². The Balaban J connectivity index is 2.74. The molecule has 0 aliphatic heterocycles. The van der Waals surface area contributed by atoms with Crippen LogP contribution >= 0.6 is 11.6 Å². The molecule has 0 aliphatic rings. The van der Waals surface area contributed by atoms with Crippen molar-refractivity contribution in [2.75, 3.05) is 19.5 Å². The highest BCUT2D eigenvalue weighted by Crippen LogP contribution is 2.38. The van der Waals surface area contributed by atoms with Gasteiger partial charge in [0.25, 0.3) is 6.43 Å². The Morgan fingerprint density at radius 3 is 2.44 bits per heavy atom. The number of aromatic nitrogens is 1. The third-order valence-corrected chi connectivity index (χ3v) is 3.87. The highest BCUT2D eigenvalue weighted by atomic mass is 35.5. The number of benzene rings is 1. The number of carbonyl (C=O) groups is 2. The molecule has 2 aromatic rings. The lowest BCUT2D eigenvalue weighted by molar-refractivity contribution is -0.114. The van der Waals surface area contributed by atoms with Crippen LogP contribution < -0.4 is 10.1 Å². The van der Waals surface area contributed by atoms with Crippen LogP contribution in [0.4, 0.5) is 18.9 Å². The number of pyridine rings is 1. The molecular formula is C17H14ClF3N2O4. The molecule has 1 heterocycles. The van der Waals surface area contributed by atoms with E-state index >= 15 is 0 Å². The second kappa shape index (κ2) is 8.26. The van der Waals surface area contributed by atoms with Crippen LogP contribution in [0.3, 0.4) is 0 Å². The molecule has 1 N–H and O–H groups in total. The first kappa shape index (κ1) is 20.5. The van der Waals surface area contributed by atoms with Crippen LogP contribution in [0.15, 0.2) is 18.2 Å². The maximum Gasteiger partial charge on any atom is 0.358 e. The molecule has 0 saturated heterocycles. The van der Waals surface area contributed by atoms with Gasteiger partial charge in [-0.1, -0.05) is 11.6 Å². The Labute approximate surface area is 157 Å². The molecule has 0 saturated carbocycles. The average Bonchev–Trinajstić information content (AvgIpc) is 2.62. The summed E-state index contributed by atoms with van der Waals surface area (Å²) in [7, 11) is 2.14. The minimum Gasteiger partial charge on any atom is -0.493 e. The number of amides is 1. The Kier molecular flexibility index (Phi) is 6.27. The van der Waals surface area contributed by atoms with E-state index in [9.17, 15) is 22.8 Å². The Morgan fingerprint density at radius 1 is 1.26 bits per heavy atom. The van der Waals surface area contributed by atoms with Crippen LogP contribution in [0.25, 0.3) is 11.3 Å². The number of methoxy groups -OCH3 is 2. The van der Waals surface area contributed by atoms with E-state index in [0.29, 0.717) is 0 Å². The van der Waals surface area contributed by atoms with Crippen molar-refractivity contribution < 1.29 is 32.2 Å². The van der Waals surface area contributed by atoms with Gasteiger partial charge in [-0.2, -0.15) is 0 Å². The second-order valence-corrected chi connectivity index (χ2v) is 5.62. The van der Waals surface area contributed by atoms with Gasteiger partial charge in [0.2, 0.25) is 5.91 Å². The molecule has 0 radical (unpaired) electrons. The first-order valence-electron chi connectivity index (χ1n) is 7.42. The number of nitrogens with zero attached hydrogens (tertiary/aromatic N) is 1. The summed E-state index contributed by atoms with van der Waals surface area (Å²) in [5, 5.41) is 2.18. The van der Waals surface area contributed by atoms with Gasteiger partial charge in [-0.3, -0.25) is 4.79 Å². The number of nitrogens with one attached hydrogen (secondary N) is 1. The molecule has 0 atom stereocenters. The molecule has 0 unspecified atom stereocenters. The quantitative estimate of drug-likeness (QED) is 0.757. The minimum absolute atomic E-state index is 0.0223. The number of carbonyl (C=O) groups excluding carboxylic acids is 2. The third-order valence-electron chi connectivity index (χ3n) is 3.49. The Morgan fingerprint density at radius 2 is 1.93 bits per heavy atom. The van der Waals surface area contributed by atoms with Gasteiger partial charge in [-0.05, 0) is 18.2 Å². The zero-order valence-electron chi connectivity index (χ0n) is 14.4. The zero-order valence-corrected chi connectivity index (χ0v) is 15.2. The predicted octanol–water partition coefficient (Wildman–Crippen LogP) is 4.23. The number of alkyl halides is 2. The van der Waals surface area contributed by atoms with Crippen LogP contribution in [0, 0.1) is 5.82 Å². The second-order valence-electron chi connectivity index (χ2n) is 5.24. The summed E-state index contributed by atoms with van der Waals surface area (Å²) >= 11 is 6.06. The number of rotatable bonds is 5. The average molecular weight is 403 g/mol. The highest BCUT2D eigenvalue weighted by molar-refractivity contribution is 6.36. The molecule has 2 rings (SSSR count). The summed E-state index contributed by atoms with van der Waals surface area (Å²) < 4.78 is 50.1. The van der Waals surface area contributed by atoms with Crippen LogP contribution in [-0.2, 0) is 9.53 Å². The fourth-order valence-electron chi connectivity index (χ4n) is 2.33. The molecule has 1 aromatic carbocycles. The molecule has 0 fully saturated rings. The van der Waals surface area contributed by atoms with Gasteiger partial charge in [-0.15, -0.1) is 0 Å². The number of hydrogen-bond acceptors (Lipinski definition) is 5. The number of ether oxygens (including phenoxy) is 2. The van der Waals surface area contributed by atoms with Crippen LogP contribution in [0.2, 0.25) is 5.02 Å². The molecule has 0 aliphatic carbocycles. The predicted molar refractivity (Wildman–Crippen MR) is 91.8 cm³/mol. The fraction of sp³-hybridized carbons (Fsp3) is 0.235. The number of halogens is 4. The molecule has 1 amide bonds. The molecule has 144 valence electrons. The van der Waals surface area contributed by atoms with Crippen molar-refractivity contribution in [2.45, 2.75) is 13.3 Å². The Hall–Kier alpha value is -2.81. The van der Waals surface area contributed by atoms with Crippen LogP contribution in [0.5, 0.6) is 5.75 Å². The maximum absolute atomic E-state index is 14.8. The third kappa shape index (κ3) is 4.13. The van der Waals surface area contributed by atoms with Gasteiger partial charge in [0.05, 0.1) is 36.2 Å². The van der Waals surface area contributed by atoms with Crippen molar-refractivity contribution in [3.05, 3.63) is 40.3 Å². The van der Waals surface area contributed by atoms with E-state index in [-0.39, 0.29) is 27.7 Å². The van der Waals surface area contributed by atoms with E-state index < -0.39 is 35.4 Å². The monoisotopic (exact) mass is 402 g/mol. The van der Waals surface area contributed by atoms with E-state index in [1.807, 2.05) is 0 Å². The van der Waals surface area contributed by atoms with E-state index in [2.05, 4.69) is 15.0 Å². The fourth-order valence-corrected chi connectivity index (χ4v) is 2.55. The van der Waals surface area contributed by atoms with Crippen molar-refractivity contribution in [1.29, 1.82) is 0 Å². The topological polar surface area (TPSA) is 77.5 Å². The van der Waals surface area contributed by atoms with Crippen molar-refractivity contribution in [3.8, 4) is 17.0 Å². The minimum atomic E-state index is -2.96. The molecular weight excluding hydrogens is 389 g/mol. The summed E-state index contributed by atoms with van der Waals surface area (Å²) in [4.78, 5) is 27.2.